The number of pyridine rings is 1. The van der Waals surface area contributed by atoms with Gasteiger partial charge in [0.05, 0.1) is 30.4 Å². The van der Waals surface area contributed by atoms with E-state index in [-0.39, 0.29) is 12.2 Å². The minimum atomic E-state index is -1.26. The molecule has 1 aromatic carbocycles. The average Bonchev–Trinajstić information content (AvgIpc) is 3.58. The lowest BCUT2D eigenvalue weighted by atomic mass is 9.98. The molecule has 0 amide bonds. The molecule has 1 N–H and O–H groups in total. The van der Waals surface area contributed by atoms with Gasteiger partial charge in [-0.25, -0.2) is 9.78 Å². The highest BCUT2D eigenvalue weighted by atomic mass is 32.1. The normalized spacial score (nSPS) is 15.5. The van der Waals surface area contributed by atoms with Crippen LogP contribution in [-0.2, 0) is 26.2 Å². The largest absolute Gasteiger partial charge is 0.496 e. The number of rotatable bonds is 9. The summed E-state index contributed by atoms with van der Waals surface area (Å²) in [5.74, 6) is 0.287. The summed E-state index contributed by atoms with van der Waals surface area (Å²) in [6, 6.07) is 7.87. The van der Waals surface area contributed by atoms with Crippen LogP contribution in [0.3, 0.4) is 0 Å². The molecule has 1 aliphatic heterocycles. The van der Waals surface area contributed by atoms with E-state index < -0.39 is 11.5 Å². The fourth-order valence-corrected chi connectivity index (χ4v) is 6.87. The molecule has 0 saturated carbocycles. The fraction of sp³-hybridized carbons (Fsp3) is 0.414. The number of aromatic nitrogens is 2. The Morgan fingerprint density at radius 2 is 2.05 bits per heavy atom. The van der Waals surface area contributed by atoms with E-state index in [9.17, 15) is 9.90 Å². The Balaban J connectivity index is 1.70. The minimum absolute atomic E-state index is 0.0397. The van der Waals surface area contributed by atoms with Crippen LogP contribution in [0.1, 0.15) is 49.5 Å². The van der Waals surface area contributed by atoms with Crippen molar-refractivity contribution in [2.75, 3.05) is 20.3 Å². The van der Waals surface area contributed by atoms with E-state index in [2.05, 4.69) is 4.98 Å². The molecule has 206 valence electrons. The second-order valence-corrected chi connectivity index (χ2v) is 11.6. The van der Waals surface area contributed by atoms with Gasteiger partial charge in [-0.3, -0.25) is 0 Å². The first-order valence-electron chi connectivity index (χ1n) is 12.9. The van der Waals surface area contributed by atoms with Crippen molar-refractivity contribution in [3.8, 4) is 16.5 Å². The third-order valence-corrected chi connectivity index (χ3v) is 9.08. The van der Waals surface area contributed by atoms with Crippen molar-refractivity contribution in [1.82, 2.24) is 9.55 Å². The Labute approximate surface area is 236 Å². The maximum Gasteiger partial charge on any atom is 0.329 e. The summed E-state index contributed by atoms with van der Waals surface area (Å²) < 4.78 is 26.8. The molecule has 0 bridgehead atoms. The number of hydrogen-bond acceptors (Lipinski definition) is 8. The van der Waals surface area contributed by atoms with Gasteiger partial charge in [0, 0.05) is 41.5 Å². The van der Waals surface area contributed by atoms with E-state index >= 15 is 0 Å². The number of carboxylic acids is 1. The van der Waals surface area contributed by atoms with E-state index in [1.54, 1.807) is 49.3 Å². The molecule has 1 saturated heterocycles. The number of carbonyl (C=O) groups is 1. The number of hydrogen-bond donors (Lipinski definition) is 1. The molecule has 3 aromatic heterocycles. The number of ether oxygens (including phenoxy) is 3. The minimum Gasteiger partial charge on any atom is -0.496 e. The van der Waals surface area contributed by atoms with Crippen molar-refractivity contribution < 1.29 is 28.5 Å². The Morgan fingerprint density at radius 3 is 2.72 bits per heavy atom. The average molecular weight is 569 g/mol. The van der Waals surface area contributed by atoms with Crippen molar-refractivity contribution in [2.24, 2.45) is 0 Å². The lowest BCUT2D eigenvalue weighted by Gasteiger charge is -2.30. The molecular weight excluding hydrogens is 536 g/mol. The Morgan fingerprint density at radius 1 is 1.31 bits per heavy atom. The number of methoxy groups -OCH3 is 1. The Bertz CT molecular complexity index is 1530. The van der Waals surface area contributed by atoms with Gasteiger partial charge in [-0.15, -0.1) is 11.3 Å². The smallest absolute Gasteiger partial charge is 0.329 e. The van der Waals surface area contributed by atoms with Crippen LogP contribution in [0.2, 0.25) is 0 Å². The second-order valence-electron chi connectivity index (χ2n) is 10.2. The summed E-state index contributed by atoms with van der Waals surface area (Å²) in [7, 11) is 1.66. The summed E-state index contributed by atoms with van der Waals surface area (Å²) in [5, 5.41) is 10.9. The predicted octanol–water partition coefficient (Wildman–Crippen LogP) is 6.70. The van der Waals surface area contributed by atoms with Gasteiger partial charge in [-0.05, 0) is 50.8 Å². The van der Waals surface area contributed by atoms with Crippen LogP contribution in [0.25, 0.3) is 20.9 Å². The second kappa shape index (κ2) is 11.2. The third kappa shape index (κ3) is 5.26. The fourth-order valence-electron chi connectivity index (χ4n) is 5.00. The van der Waals surface area contributed by atoms with Gasteiger partial charge in [-0.2, -0.15) is 0 Å². The number of benzene rings is 1. The van der Waals surface area contributed by atoms with E-state index in [1.807, 2.05) is 37.4 Å². The van der Waals surface area contributed by atoms with Crippen LogP contribution in [0, 0.1) is 11.6 Å². The molecule has 10 heteroatoms. The van der Waals surface area contributed by atoms with Crippen molar-refractivity contribution in [3.05, 3.63) is 64.3 Å². The summed E-state index contributed by atoms with van der Waals surface area (Å²) >= 11 is 7.47. The van der Waals surface area contributed by atoms with E-state index in [1.165, 1.54) is 0 Å². The molecular formula is C29H32N2O6S2. The van der Waals surface area contributed by atoms with Crippen LogP contribution in [0.4, 0.5) is 0 Å². The number of aryl methyl sites for hydroxylation is 1. The monoisotopic (exact) mass is 568 g/mol. The van der Waals surface area contributed by atoms with Gasteiger partial charge < -0.3 is 28.3 Å². The first-order chi connectivity index (χ1) is 18.7. The van der Waals surface area contributed by atoms with Crippen molar-refractivity contribution in [1.29, 1.82) is 0 Å². The van der Waals surface area contributed by atoms with Gasteiger partial charge in [0.1, 0.15) is 22.2 Å². The van der Waals surface area contributed by atoms with Crippen LogP contribution < -0.4 is 4.74 Å². The third-order valence-electron chi connectivity index (χ3n) is 7.32. The zero-order valence-electron chi connectivity index (χ0n) is 22.4. The van der Waals surface area contributed by atoms with E-state index in [0.717, 1.165) is 50.2 Å². The first kappa shape index (κ1) is 27.5. The number of thiophene rings is 1. The lowest BCUT2D eigenvalue weighted by Crippen LogP contribution is -2.36. The molecule has 0 spiro atoms. The summed E-state index contributed by atoms with van der Waals surface area (Å²) in [5.41, 5.74) is 1.52. The number of nitrogens with zero attached hydrogens (tertiary/aromatic N) is 2. The maximum atomic E-state index is 12.3. The molecule has 0 unspecified atom stereocenters. The highest BCUT2D eigenvalue weighted by molar-refractivity contribution is 7.71. The molecule has 4 heterocycles. The summed E-state index contributed by atoms with van der Waals surface area (Å²) in [6.07, 6.45) is 6.85. The zero-order chi connectivity index (χ0) is 27.7. The number of aliphatic carboxylic acids is 1. The van der Waals surface area contributed by atoms with Gasteiger partial charge in [0.2, 0.25) is 5.89 Å². The molecule has 0 aliphatic carbocycles. The van der Waals surface area contributed by atoms with E-state index in [0.29, 0.717) is 30.2 Å². The molecule has 1 atom stereocenters. The SMILES string of the molecule is COc1ccccc1[C@H](Cc1cn(C(C)(C)C(=O)O)c(=S)c2c(C)c(-c3ncco3)sc12)OC1CCOCC1. The lowest BCUT2D eigenvalue weighted by molar-refractivity contribution is -0.145. The van der Waals surface area contributed by atoms with Crippen molar-refractivity contribution >= 4 is 39.6 Å². The standard InChI is InChI=1S/C29H32N2O6S2/c1-17-23-25(39-24(17)26-30-11-14-36-26)18(16-31(27(23)38)29(2,3)28(32)33)15-22(37-19-9-12-35-13-10-19)20-7-5-6-8-21(20)34-4/h5-8,11,14,16,19,22H,9-10,12-13,15H2,1-4H3,(H,32,33)/t22-/m0/s1. The Kier molecular flexibility index (Phi) is 7.91. The first-order valence-corrected chi connectivity index (χ1v) is 14.1. The quantitative estimate of drug-likeness (QED) is 0.223. The number of fused-ring (bicyclic) bond motifs is 1. The van der Waals surface area contributed by atoms with Gasteiger partial charge in [-0.1, -0.05) is 30.4 Å². The van der Waals surface area contributed by atoms with Gasteiger partial charge >= 0.3 is 5.97 Å². The topological polar surface area (TPSA) is 96.0 Å². The molecule has 8 nitrogen and oxygen atoms in total. The van der Waals surface area contributed by atoms with Crippen LogP contribution in [0.5, 0.6) is 5.75 Å². The molecule has 1 fully saturated rings. The highest BCUT2D eigenvalue weighted by Crippen LogP contribution is 2.43. The number of carboxylic acid groups (broad SMARTS) is 1. The number of oxazole rings is 1. The maximum absolute atomic E-state index is 12.3. The summed E-state index contributed by atoms with van der Waals surface area (Å²) in [4.78, 5) is 17.6. The van der Waals surface area contributed by atoms with Gasteiger partial charge in [0.25, 0.3) is 0 Å². The van der Waals surface area contributed by atoms with Crippen LogP contribution in [0.15, 0.2) is 47.3 Å². The van der Waals surface area contributed by atoms with Crippen LogP contribution in [-0.4, -0.2) is 47.1 Å². The highest BCUT2D eigenvalue weighted by Gasteiger charge is 2.33. The molecule has 0 radical (unpaired) electrons. The van der Waals surface area contributed by atoms with Gasteiger partial charge in [0.15, 0.2) is 0 Å². The summed E-state index contributed by atoms with van der Waals surface area (Å²) in [6.45, 7) is 6.62. The molecule has 5 rings (SSSR count). The molecule has 39 heavy (non-hydrogen) atoms. The number of para-hydroxylation sites is 1. The van der Waals surface area contributed by atoms with Crippen LogP contribution >= 0.6 is 23.6 Å². The molecule has 1 aliphatic rings. The molecule has 4 aromatic rings. The van der Waals surface area contributed by atoms with Crippen molar-refractivity contribution in [2.45, 2.75) is 57.8 Å². The van der Waals surface area contributed by atoms with E-state index in [4.69, 9.17) is 30.8 Å². The Hall–Kier alpha value is -3.05. The predicted molar refractivity (Wildman–Crippen MR) is 152 cm³/mol. The zero-order valence-corrected chi connectivity index (χ0v) is 24.1. The van der Waals surface area contributed by atoms with Crippen molar-refractivity contribution in [3.63, 3.8) is 0 Å².